The van der Waals surface area contributed by atoms with E-state index in [1.54, 1.807) is 6.08 Å². The van der Waals surface area contributed by atoms with Gasteiger partial charge in [0.15, 0.2) is 0 Å². The van der Waals surface area contributed by atoms with Crippen molar-refractivity contribution in [2.45, 2.75) is 25.3 Å². The van der Waals surface area contributed by atoms with Crippen molar-refractivity contribution in [3.05, 3.63) is 48.6 Å². The van der Waals surface area contributed by atoms with Crippen LogP contribution < -0.4 is 10.6 Å². The molecule has 2 N–H and O–H groups in total. The SMILES string of the molecule is C=CCNC(=O)CC1NCCN(CCCc2ccccc2)C1=O. The summed E-state index contributed by atoms with van der Waals surface area (Å²) in [5.74, 6) is -0.0973. The summed E-state index contributed by atoms with van der Waals surface area (Å²) in [4.78, 5) is 26.1. The number of hydrogen-bond acceptors (Lipinski definition) is 3. The van der Waals surface area contributed by atoms with Gasteiger partial charge < -0.3 is 15.5 Å². The fourth-order valence-corrected chi connectivity index (χ4v) is 2.74. The van der Waals surface area contributed by atoms with Crippen LogP contribution in [0.3, 0.4) is 0 Å². The fourth-order valence-electron chi connectivity index (χ4n) is 2.74. The number of carbonyl (C=O) groups excluding carboxylic acids is 2. The molecule has 0 aromatic heterocycles. The van der Waals surface area contributed by atoms with Crippen LogP contribution in [0, 0.1) is 0 Å². The summed E-state index contributed by atoms with van der Waals surface area (Å²) in [6, 6.07) is 9.86. The van der Waals surface area contributed by atoms with Crippen LogP contribution in [0.15, 0.2) is 43.0 Å². The second-order valence-electron chi connectivity index (χ2n) is 5.72. The quantitative estimate of drug-likeness (QED) is 0.707. The van der Waals surface area contributed by atoms with Crippen LogP contribution in [0.1, 0.15) is 18.4 Å². The van der Waals surface area contributed by atoms with E-state index in [2.05, 4.69) is 29.3 Å². The summed E-state index contributed by atoms with van der Waals surface area (Å²) in [6.45, 7) is 6.17. The van der Waals surface area contributed by atoms with Crippen molar-refractivity contribution in [2.24, 2.45) is 0 Å². The molecule has 1 unspecified atom stereocenters. The smallest absolute Gasteiger partial charge is 0.240 e. The van der Waals surface area contributed by atoms with Gasteiger partial charge in [0.05, 0.1) is 12.5 Å². The zero-order chi connectivity index (χ0) is 16.5. The lowest BCUT2D eigenvalue weighted by molar-refractivity contribution is -0.138. The molecule has 124 valence electrons. The van der Waals surface area contributed by atoms with E-state index < -0.39 is 6.04 Å². The van der Waals surface area contributed by atoms with E-state index in [-0.39, 0.29) is 18.2 Å². The Kier molecular flexibility index (Phi) is 6.81. The molecule has 2 rings (SSSR count). The van der Waals surface area contributed by atoms with Gasteiger partial charge in [0.2, 0.25) is 11.8 Å². The Morgan fingerprint density at radius 3 is 2.91 bits per heavy atom. The lowest BCUT2D eigenvalue weighted by atomic mass is 10.1. The minimum Gasteiger partial charge on any atom is -0.353 e. The van der Waals surface area contributed by atoms with Crippen molar-refractivity contribution in [1.29, 1.82) is 0 Å². The number of amides is 2. The largest absolute Gasteiger partial charge is 0.353 e. The molecule has 2 amide bonds. The topological polar surface area (TPSA) is 61.4 Å². The minimum atomic E-state index is -0.412. The van der Waals surface area contributed by atoms with Crippen molar-refractivity contribution in [1.82, 2.24) is 15.5 Å². The van der Waals surface area contributed by atoms with Crippen molar-refractivity contribution < 1.29 is 9.59 Å². The van der Waals surface area contributed by atoms with Crippen LogP contribution >= 0.6 is 0 Å². The molecule has 1 fully saturated rings. The summed E-state index contributed by atoms with van der Waals surface area (Å²) in [7, 11) is 0. The molecular weight excluding hydrogens is 290 g/mol. The summed E-state index contributed by atoms with van der Waals surface area (Å²) < 4.78 is 0. The zero-order valence-electron chi connectivity index (χ0n) is 13.5. The summed E-state index contributed by atoms with van der Waals surface area (Å²) in [5.41, 5.74) is 1.29. The molecule has 0 aliphatic carbocycles. The van der Waals surface area contributed by atoms with Crippen LogP contribution in [0.5, 0.6) is 0 Å². The Morgan fingerprint density at radius 1 is 1.39 bits per heavy atom. The average molecular weight is 315 g/mol. The Hall–Kier alpha value is -2.14. The van der Waals surface area contributed by atoms with E-state index in [4.69, 9.17) is 0 Å². The van der Waals surface area contributed by atoms with Crippen LogP contribution in [-0.2, 0) is 16.0 Å². The highest BCUT2D eigenvalue weighted by atomic mass is 16.2. The van der Waals surface area contributed by atoms with Gasteiger partial charge in [0.25, 0.3) is 0 Å². The first-order valence-electron chi connectivity index (χ1n) is 8.14. The Morgan fingerprint density at radius 2 is 2.17 bits per heavy atom. The molecule has 0 radical (unpaired) electrons. The van der Waals surface area contributed by atoms with Crippen molar-refractivity contribution in [3.8, 4) is 0 Å². The summed E-state index contributed by atoms with van der Waals surface area (Å²) >= 11 is 0. The second-order valence-corrected chi connectivity index (χ2v) is 5.72. The highest BCUT2D eigenvalue weighted by Gasteiger charge is 2.29. The maximum atomic E-state index is 12.4. The van der Waals surface area contributed by atoms with Gasteiger partial charge >= 0.3 is 0 Å². The van der Waals surface area contributed by atoms with Crippen LogP contribution in [0.25, 0.3) is 0 Å². The normalized spacial score (nSPS) is 17.8. The van der Waals surface area contributed by atoms with Crippen molar-refractivity contribution in [2.75, 3.05) is 26.2 Å². The van der Waals surface area contributed by atoms with Crippen molar-refractivity contribution in [3.63, 3.8) is 0 Å². The first-order valence-corrected chi connectivity index (χ1v) is 8.14. The number of nitrogens with one attached hydrogen (secondary N) is 2. The molecule has 23 heavy (non-hydrogen) atoms. The molecule has 1 aliphatic rings. The molecule has 0 saturated carbocycles. The molecular formula is C18H25N3O2. The van der Waals surface area contributed by atoms with Gasteiger partial charge in [-0.3, -0.25) is 9.59 Å². The van der Waals surface area contributed by atoms with E-state index in [1.807, 2.05) is 23.1 Å². The molecule has 1 aromatic rings. The maximum absolute atomic E-state index is 12.4. The van der Waals surface area contributed by atoms with Crippen LogP contribution in [-0.4, -0.2) is 48.9 Å². The van der Waals surface area contributed by atoms with Gasteiger partial charge in [-0.2, -0.15) is 0 Å². The Labute approximate surface area is 137 Å². The standard InChI is InChI=1S/C18H25N3O2/c1-2-10-20-17(22)14-16-18(23)21(13-11-19-16)12-6-9-15-7-4-3-5-8-15/h2-5,7-8,16,19H,1,6,9-14H2,(H,20,22). The van der Waals surface area contributed by atoms with E-state index in [9.17, 15) is 9.59 Å². The van der Waals surface area contributed by atoms with E-state index in [1.165, 1.54) is 5.56 Å². The number of hydrogen-bond donors (Lipinski definition) is 2. The fraction of sp³-hybridized carbons (Fsp3) is 0.444. The molecule has 1 saturated heterocycles. The van der Waals surface area contributed by atoms with Gasteiger partial charge in [0, 0.05) is 26.2 Å². The number of rotatable bonds is 8. The van der Waals surface area contributed by atoms with E-state index >= 15 is 0 Å². The number of piperazine rings is 1. The number of nitrogens with zero attached hydrogens (tertiary/aromatic N) is 1. The van der Waals surface area contributed by atoms with Crippen LogP contribution in [0.2, 0.25) is 0 Å². The van der Waals surface area contributed by atoms with Gasteiger partial charge in [-0.15, -0.1) is 6.58 Å². The van der Waals surface area contributed by atoms with E-state index in [0.717, 1.165) is 25.9 Å². The Bertz CT molecular complexity index is 530. The monoisotopic (exact) mass is 315 g/mol. The van der Waals surface area contributed by atoms with Crippen LogP contribution in [0.4, 0.5) is 0 Å². The first kappa shape index (κ1) is 17.2. The highest BCUT2D eigenvalue weighted by Crippen LogP contribution is 2.08. The lowest BCUT2D eigenvalue weighted by Crippen LogP contribution is -2.56. The third-order valence-electron chi connectivity index (χ3n) is 3.95. The highest BCUT2D eigenvalue weighted by molar-refractivity contribution is 5.88. The van der Waals surface area contributed by atoms with Gasteiger partial charge in [0.1, 0.15) is 0 Å². The third-order valence-corrected chi connectivity index (χ3v) is 3.95. The summed E-state index contributed by atoms with van der Waals surface area (Å²) in [6.07, 6.45) is 3.71. The van der Waals surface area contributed by atoms with Crippen molar-refractivity contribution >= 4 is 11.8 Å². The molecule has 5 heteroatoms. The molecule has 0 spiro atoms. The molecule has 0 bridgehead atoms. The molecule has 1 heterocycles. The molecule has 1 aliphatic heterocycles. The zero-order valence-corrected chi connectivity index (χ0v) is 13.5. The van der Waals surface area contributed by atoms with Gasteiger partial charge in [-0.25, -0.2) is 0 Å². The first-order chi connectivity index (χ1) is 11.2. The molecule has 1 atom stereocenters. The summed E-state index contributed by atoms with van der Waals surface area (Å²) in [5, 5.41) is 5.85. The van der Waals surface area contributed by atoms with Gasteiger partial charge in [-0.1, -0.05) is 36.4 Å². The number of carbonyl (C=O) groups is 2. The minimum absolute atomic E-state index is 0.0260. The van der Waals surface area contributed by atoms with E-state index in [0.29, 0.717) is 13.1 Å². The average Bonchev–Trinajstić information content (AvgIpc) is 2.57. The second kappa shape index (κ2) is 9.10. The predicted molar refractivity (Wildman–Crippen MR) is 91.0 cm³/mol. The predicted octanol–water partition coefficient (Wildman–Crippen LogP) is 1.11. The van der Waals surface area contributed by atoms with Gasteiger partial charge in [-0.05, 0) is 18.4 Å². The Balaban J connectivity index is 1.77. The molecule has 5 nitrogen and oxygen atoms in total. The number of aryl methyl sites for hydroxylation is 1. The molecule has 1 aromatic carbocycles. The number of benzene rings is 1. The maximum Gasteiger partial charge on any atom is 0.240 e. The third kappa shape index (κ3) is 5.53. The lowest BCUT2D eigenvalue weighted by Gasteiger charge is -2.33.